The third-order valence-electron chi connectivity index (χ3n) is 4.20. The minimum Gasteiger partial charge on any atom is -0.393 e. The normalized spacial score (nSPS) is 28.8. The third-order valence-corrected chi connectivity index (χ3v) is 4.81. The number of piperidine rings is 1. The molecule has 108 valence electrons. The van der Waals surface area contributed by atoms with Gasteiger partial charge in [-0.25, -0.2) is 4.39 Å². The van der Waals surface area contributed by atoms with Crippen LogP contribution < -0.4 is 4.90 Å². The average Bonchev–Trinajstić information content (AvgIpc) is 2.64. The van der Waals surface area contributed by atoms with E-state index in [0.717, 1.165) is 18.9 Å². The molecule has 2 aliphatic heterocycles. The van der Waals surface area contributed by atoms with Gasteiger partial charge in [-0.2, -0.15) is 0 Å². The number of anilines is 1. The summed E-state index contributed by atoms with van der Waals surface area (Å²) in [7, 11) is 0. The molecule has 0 spiro atoms. The standard InChI is InChI=1S/C13H14BrFN2O3/c14-10-5-12(13(17(19)20)6-11(10)15)16-7-1-2-8(16)4-9(18)3-7/h5-9,18H,1-4H2. The van der Waals surface area contributed by atoms with Gasteiger partial charge in [0, 0.05) is 12.1 Å². The molecular weight excluding hydrogens is 331 g/mol. The molecule has 2 unspecified atom stereocenters. The Hall–Kier alpha value is -1.21. The largest absolute Gasteiger partial charge is 0.393 e. The number of halogens is 2. The van der Waals surface area contributed by atoms with E-state index < -0.39 is 10.7 Å². The predicted octanol–water partition coefficient (Wildman–Crippen LogP) is 2.99. The summed E-state index contributed by atoms with van der Waals surface area (Å²) in [5.41, 5.74) is 0.238. The van der Waals surface area contributed by atoms with Crippen LogP contribution in [0.5, 0.6) is 0 Å². The van der Waals surface area contributed by atoms with E-state index in [2.05, 4.69) is 15.9 Å². The zero-order chi connectivity index (χ0) is 14.4. The number of nitro benzene ring substituents is 1. The Balaban J connectivity index is 2.06. The van der Waals surface area contributed by atoms with Crippen LogP contribution in [0, 0.1) is 15.9 Å². The number of hydrogen-bond donors (Lipinski definition) is 1. The molecule has 0 aliphatic carbocycles. The number of benzene rings is 1. The Morgan fingerprint density at radius 3 is 2.50 bits per heavy atom. The van der Waals surface area contributed by atoms with Gasteiger partial charge in [0.15, 0.2) is 0 Å². The van der Waals surface area contributed by atoms with Crippen LogP contribution in [0.2, 0.25) is 0 Å². The van der Waals surface area contributed by atoms with Gasteiger partial charge in [0.2, 0.25) is 0 Å². The van der Waals surface area contributed by atoms with E-state index in [9.17, 15) is 19.6 Å². The molecule has 0 amide bonds. The van der Waals surface area contributed by atoms with Gasteiger partial charge in [0.25, 0.3) is 5.69 Å². The quantitative estimate of drug-likeness (QED) is 0.661. The van der Waals surface area contributed by atoms with Gasteiger partial charge < -0.3 is 10.0 Å². The summed E-state index contributed by atoms with van der Waals surface area (Å²) in [5.74, 6) is -0.634. The molecule has 2 bridgehead atoms. The van der Waals surface area contributed by atoms with Gasteiger partial charge in [0.05, 0.1) is 21.6 Å². The second-order valence-corrected chi connectivity index (χ2v) is 6.28. The number of rotatable bonds is 2. The number of hydrogen-bond acceptors (Lipinski definition) is 4. The first kappa shape index (κ1) is 13.8. The van der Waals surface area contributed by atoms with Gasteiger partial charge >= 0.3 is 0 Å². The molecule has 2 fully saturated rings. The first-order valence-corrected chi connectivity index (χ1v) is 7.36. The first-order chi connectivity index (χ1) is 9.47. The molecule has 0 aromatic heterocycles. The molecule has 1 aromatic carbocycles. The van der Waals surface area contributed by atoms with E-state index in [4.69, 9.17) is 0 Å². The molecule has 7 heteroatoms. The van der Waals surface area contributed by atoms with Crippen molar-refractivity contribution in [2.45, 2.75) is 43.9 Å². The van der Waals surface area contributed by atoms with Crippen molar-refractivity contribution >= 4 is 27.3 Å². The fourth-order valence-corrected chi connectivity index (χ4v) is 3.75. The fraction of sp³-hybridized carbons (Fsp3) is 0.538. The number of fused-ring (bicyclic) bond motifs is 2. The maximum Gasteiger partial charge on any atom is 0.295 e. The topological polar surface area (TPSA) is 66.6 Å². The molecule has 5 nitrogen and oxygen atoms in total. The van der Waals surface area contributed by atoms with Crippen LogP contribution in [0.3, 0.4) is 0 Å². The SMILES string of the molecule is O=[N+]([O-])c1cc(F)c(Br)cc1N1C2CCC1CC(O)C2. The summed E-state index contributed by atoms with van der Waals surface area (Å²) >= 11 is 3.09. The highest BCUT2D eigenvalue weighted by Crippen LogP contribution is 2.44. The number of nitrogens with zero attached hydrogens (tertiary/aromatic N) is 2. The van der Waals surface area contributed by atoms with Crippen molar-refractivity contribution in [2.24, 2.45) is 0 Å². The lowest BCUT2D eigenvalue weighted by molar-refractivity contribution is -0.384. The van der Waals surface area contributed by atoms with Crippen molar-refractivity contribution < 1.29 is 14.4 Å². The Kier molecular flexibility index (Phi) is 3.41. The van der Waals surface area contributed by atoms with E-state index in [1.165, 1.54) is 6.07 Å². The van der Waals surface area contributed by atoms with Crippen molar-refractivity contribution in [1.82, 2.24) is 0 Å². The van der Waals surface area contributed by atoms with Crippen LogP contribution >= 0.6 is 15.9 Å². The lowest BCUT2D eigenvalue weighted by Gasteiger charge is -2.38. The number of nitro groups is 1. The van der Waals surface area contributed by atoms with Gasteiger partial charge in [0.1, 0.15) is 11.5 Å². The maximum absolute atomic E-state index is 13.5. The monoisotopic (exact) mass is 344 g/mol. The van der Waals surface area contributed by atoms with Gasteiger partial charge in [-0.3, -0.25) is 10.1 Å². The summed E-state index contributed by atoms with van der Waals surface area (Å²) in [6, 6.07) is 2.64. The molecule has 3 rings (SSSR count). The van der Waals surface area contributed by atoms with E-state index >= 15 is 0 Å². The molecule has 1 aromatic rings. The summed E-state index contributed by atoms with van der Waals surface area (Å²) < 4.78 is 13.8. The zero-order valence-corrected chi connectivity index (χ0v) is 12.2. The van der Waals surface area contributed by atoms with Crippen molar-refractivity contribution in [3.63, 3.8) is 0 Å². The zero-order valence-electron chi connectivity index (χ0n) is 10.6. The van der Waals surface area contributed by atoms with E-state index in [0.29, 0.717) is 18.5 Å². The lowest BCUT2D eigenvalue weighted by Crippen LogP contribution is -2.45. The summed E-state index contributed by atoms with van der Waals surface area (Å²) in [6.45, 7) is 0. The predicted molar refractivity (Wildman–Crippen MR) is 75.3 cm³/mol. The highest BCUT2D eigenvalue weighted by Gasteiger charge is 2.42. The van der Waals surface area contributed by atoms with E-state index in [-0.39, 0.29) is 28.3 Å². The van der Waals surface area contributed by atoms with E-state index in [1.54, 1.807) is 0 Å². The smallest absolute Gasteiger partial charge is 0.295 e. The molecule has 1 N–H and O–H groups in total. The van der Waals surface area contributed by atoms with Gasteiger partial charge in [-0.15, -0.1) is 0 Å². The third kappa shape index (κ3) is 2.18. The number of aliphatic hydroxyl groups excluding tert-OH is 1. The Morgan fingerprint density at radius 1 is 1.35 bits per heavy atom. The number of aliphatic hydroxyl groups is 1. The summed E-state index contributed by atoms with van der Waals surface area (Å²) in [4.78, 5) is 12.6. The molecule has 2 aliphatic rings. The Labute approximate surface area is 123 Å². The summed E-state index contributed by atoms with van der Waals surface area (Å²) in [5, 5.41) is 21.0. The second-order valence-electron chi connectivity index (χ2n) is 5.43. The van der Waals surface area contributed by atoms with Crippen LogP contribution in [0.4, 0.5) is 15.8 Å². The van der Waals surface area contributed by atoms with Crippen LogP contribution in [-0.4, -0.2) is 28.2 Å². The van der Waals surface area contributed by atoms with Gasteiger partial charge in [-0.05, 0) is 47.7 Å². The van der Waals surface area contributed by atoms with Crippen molar-refractivity contribution in [3.05, 3.63) is 32.5 Å². The van der Waals surface area contributed by atoms with Gasteiger partial charge in [-0.1, -0.05) is 0 Å². The second kappa shape index (κ2) is 4.96. The van der Waals surface area contributed by atoms with Crippen LogP contribution in [0.25, 0.3) is 0 Å². The molecule has 0 radical (unpaired) electrons. The Bertz CT molecular complexity index is 555. The van der Waals surface area contributed by atoms with Crippen molar-refractivity contribution in [3.8, 4) is 0 Å². The molecule has 0 saturated carbocycles. The molecule has 2 saturated heterocycles. The maximum atomic E-state index is 13.5. The minimum absolute atomic E-state index is 0.0970. The molecule has 2 atom stereocenters. The molecule has 20 heavy (non-hydrogen) atoms. The lowest BCUT2D eigenvalue weighted by atomic mass is 9.98. The average molecular weight is 345 g/mol. The highest BCUT2D eigenvalue weighted by molar-refractivity contribution is 9.10. The van der Waals surface area contributed by atoms with E-state index in [1.807, 2.05) is 4.90 Å². The molecule has 2 heterocycles. The summed E-state index contributed by atoms with van der Waals surface area (Å²) in [6.07, 6.45) is 2.71. The van der Waals surface area contributed by atoms with Crippen LogP contribution in [0.1, 0.15) is 25.7 Å². The van der Waals surface area contributed by atoms with Crippen LogP contribution in [0.15, 0.2) is 16.6 Å². The fourth-order valence-electron chi connectivity index (χ4n) is 3.42. The Morgan fingerprint density at radius 2 is 1.95 bits per heavy atom. The van der Waals surface area contributed by atoms with Crippen molar-refractivity contribution in [2.75, 3.05) is 4.90 Å². The first-order valence-electron chi connectivity index (χ1n) is 6.57. The van der Waals surface area contributed by atoms with Crippen molar-refractivity contribution in [1.29, 1.82) is 0 Å². The highest BCUT2D eigenvalue weighted by atomic mass is 79.9. The minimum atomic E-state index is -0.634. The van der Waals surface area contributed by atoms with Crippen LogP contribution in [-0.2, 0) is 0 Å². The molecular formula is C13H14BrFN2O3.